The standard InChI is InChI=1S/C46H56N2O10/c1-4-5-6-7-26-41(53)48(28-15-23-36-30-40(52)32(3)17-9-11-19-34-21-13-25-38(50)43(34)45(55)58-36)46(56)47-27-14-22-35-29-39(51)31(2)16-8-10-18-33-20-12-24-37(49)42(33)44(54)57-35/h4,6-15,20-21,24-25,27-28,31-32,35-36,39-40,49-52H,1,5,16-19,22-23,26,29-30H2,2-3H3,(H,47,56)/b7-6+,10-8+,11-9+,27-14+,28-15+. The number of phenolic OH excluding ortho intramolecular Hbond substituents is 2. The van der Waals surface area contributed by atoms with Crippen LogP contribution in [-0.2, 0) is 27.1 Å². The largest absolute Gasteiger partial charge is 0.507 e. The number of ether oxygens (including phenoxy) is 2. The molecule has 0 fully saturated rings. The summed E-state index contributed by atoms with van der Waals surface area (Å²) in [6, 6.07) is 8.81. The molecule has 2 aliphatic heterocycles. The predicted molar refractivity (Wildman–Crippen MR) is 221 cm³/mol. The Bertz CT molecular complexity index is 1900. The number of hydrogen-bond donors (Lipinski definition) is 5. The van der Waals surface area contributed by atoms with Crippen LogP contribution in [0.2, 0.25) is 0 Å². The second-order valence-electron chi connectivity index (χ2n) is 14.7. The summed E-state index contributed by atoms with van der Waals surface area (Å²) in [5, 5.41) is 45.6. The Balaban J connectivity index is 1.50. The molecule has 4 rings (SSSR count). The lowest BCUT2D eigenvalue weighted by atomic mass is 9.93. The number of aromatic hydroxyl groups is 2. The van der Waals surface area contributed by atoms with Crippen molar-refractivity contribution in [3.05, 3.63) is 132 Å². The smallest absolute Gasteiger partial charge is 0.342 e. The van der Waals surface area contributed by atoms with Crippen molar-refractivity contribution < 1.29 is 49.1 Å². The summed E-state index contributed by atoms with van der Waals surface area (Å²) in [5.74, 6) is -2.76. The van der Waals surface area contributed by atoms with Gasteiger partial charge < -0.3 is 35.2 Å². The number of imide groups is 1. The molecule has 310 valence electrons. The Kier molecular flexibility index (Phi) is 17.7. The van der Waals surface area contributed by atoms with Crippen LogP contribution in [0.25, 0.3) is 0 Å². The summed E-state index contributed by atoms with van der Waals surface area (Å²) < 4.78 is 11.6. The maximum absolute atomic E-state index is 13.5. The third kappa shape index (κ3) is 13.5. The number of aliphatic hydroxyl groups is 2. The van der Waals surface area contributed by atoms with Crippen molar-refractivity contribution in [3.8, 4) is 11.5 Å². The number of benzene rings is 2. The van der Waals surface area contributed by atoms with Gasteiger partial charge in [-0.1, -0.05) is 92.8 Å². The zero-order chi connectivity index (χ0) is 42.0. The molecule has 0 saturated carbocycles. The van der Waals surface area contributed by atoms with E-state index in [1.54, 1.807) is 48.6 Å². The zero-order valence-electron chi connectivity index (χ0n) is 33.2. The van der Waals surface area contributed by atoms with E-state index < -0.39 is 48.3 Å². The minimum atomic E-state index is -0.860. The molecule has 0 radical (unpaired) electrons. The van der Waals surface area contributed by atoms with Gasteiger partial charge in [-0.25, -0.2) is 19.3 Å². The fourth-order valence-corrected chi connectivity index (χ4v) is 6.63. The molecular formula is C46H56N2O10. The molecule has 12 heteroatoms. The molecule has 0 aliphatic carbocycles. The lowest BCUT2D eigenvalue weighted by Gasteiger charge is -2.25. The lowest BCUT2D eigenvalue weighted by Crippen LogP contribution is -2.38. The number of carbonyl (C=O) groups excluding carboxylic acids is 4. The van der Waals surface area contributed by atoms with Crippen molar-refractivity contribution in [1.29, 1.82) is 0 Å². The van der Waals surface area contributed by atoms with Gasteiger partial charge in [-0.2, -0.15) is 0 Å². The molecule has 6 unspecified atom stereocenters. The molecule has 2 aromatic carbocycles. The first-order valence-corrected chi connectivity index (χ1v) is 19.8. The van der Waals surface area contributed by atoms with E-state index in [9.17, 15) is 39.6 Å². The van der Waals surface area contributed by atoms with Gasteiger partial charge in [0.05, 0.1) is 12.2 Å². The Labute approximate surface area is 340 Å². The Morgan fingerprint density at radius 1 is 0.776 bits per heavy atom. The van der Waals surface area contributed by atoms with Crippen LogP contribution in [0.5, 0.6) is 11.5 Å². The number of hydrogen-bond acceptors (Lipinski definition) is 10. The molecule has 58 heavy (non-hydrogen) atoms. The second-order valence-corrected chi connectivity index (χ2v) is 14.7. The minimum absolute atomic E-state index is 0.0360. The van der Waals surface area contributed by atoms with E-state index in [1.807, 2.05) is 38.2 Å². The van der Waals surface area contributed by atoms with Gasteiger partial charge in [0, 0.05) is 44.5 Å². The number of phenols is 2. The Hall–Kier alpha value is -5.72. The summed E-state index contributed by atoms with van der Waals surface area (Å²) >= 11 is 0. The first kappa shape index (κ1) is 45.0. The summed E-state index contributed by atoms with van der Waals surface area (Å²) in [6.45, 7) is 7.46. The van der Waals surface area contributed by atoms with Gasteiger partial charge in [-0.05, 0) is 67.2 Å². The SMILES string of the molecule is C=CC/C=C/CC(=O)N(/C=C/CC1CC(O)C(C)C/C=C/Cc2cccc(O)c2C(=O)O1)C(=O)N/C=C/CC1CC(O)C(C)C/C=C/Cc2cccc(O)c2C(=O)O1. The monoisotopic (exact) mass is 796 g/mol. The van der Waals surface area contributed by atoms with Crippen LogP contribution < -0.4 is 5.32 Å². The third-order valence-electron chi connectivity index (χ3n) is 10.2. The number of nitrogens with one attached hydrogen (secondary N) is 1. The third-order valence-corrected chi connectivity index (χ3v) is 10.2. The highest BCUT2D eigenvalue weighted by molar-refractivity contribution is 5.97. The summed E-state index contributed by atoms with van der Waals surface area (Å²) in [6.07, 6.45) is 17.8. The van der Waals surface area contributed by atoms with Crippen LogP contribution in [0.3, 0.4) is 0 Å². The number of esters is 2. The van der Waals surface area contributed by atoms with Crippen LogP contribution in [0, 0.1) is 11.8 Å². The van der Waals surface area contributed by atoms with E-state index in [-0.39, 0.29) is 66.6 Å². The zero-order valence-corrected chi connectivity index (χ0v) is 33.2. The number of urea groups is 1. The molecule has 2 aromatic rings. The number of fused-ring (bicyclic) bond motifs is 2. The predicted octanol–water partition coefficient (Wildman–Crippen LogP) is 7.50. The van der Waals surface area contributed by atoms with Crippen LogP contribution >= 0.6 is 0 Å². The van der Waals surface area contributed by atoms with Gasteiger partial charge in [0.15, 0.2) is 0 Å². The molecule has 5 N–H and O–H groups in total. The van der Waals surface area contributed by atoms with Crippen molar-refractivity contribution in [1.82, 2.24) is 10.2 Å². The maximum atomic E-state index is 13.5. The summed E-state index contributed by atoms with van der Waals surface area (Å²) in [4.78, 5) is 54.4. The molecule has 2 aliphatic rings. The van der Waals surface area contributed by atoms with Crippen LogP contribution in [0.15, 0.2) is 110 Å². The lowest BCUT2D eigenvalue weighted by molar-refractivity contribution is -0.125. The number of carbonyl (C=O) groups is 4. The maximum Gasteiger partial charge on any atom is 0.342 e. The highest BCUT2D eigenvalue weighted by Gasteiger charge is 2.28. The van der Waals surface area contributed by atoms with E-state index in [4.69, 9.17) is 9.47 Å². The number of rotatable bonds is 10. The highest BCUT2D eigenvalue weighted by atomic mass is 16.5. The van der Waals surface area contributed by atoms with E-state index in [0.29, 0.717) is 43.2 Å². The number of cyclic esters (lactones) is 2. The fourth-order valence-electron chi connectivity index (χ4n) is 6.63. The molecule has 2 heterocycles. The number of allylic oxidation sites excluding steroid dienone is 6. The molecule has 0 saturated heterocycles. The van der Waals surface area contributed by atoms with E-state index >= 15 is 0 Å². The van der Waals surface area contributed by atoms with Gasteiger partial charge in [-0.3, -0.25) is 4.79 Å². The topological polar surface area (TPSA) is 183 Å². The molecule has 0 spiro atoms. The van der Waals surface area contributed by atoms with Crippen molar-refractivity contribution in [2.45, 2.75) is 102 Å². The number of aliphatic hydroxyl groups excluding tert-OH is 2. The van der Waals surface area contributed by atoms with Gasteiger partial charge in [0.1, 0.15) is 34.8 Å². The van der Waals surface area contributed by atoms with E-state index in [0.717, 1.165) is 4.90 Å². The first-order valence-electron chi connectivity index (χ1n) is 19.8. The van der Waals surface area contributed by atoms with Gasteiger partial charge in [-0.15, -0.1) is 6.58 Å². The molecule has 6 atom stereocenters. The average molecular weight is 797 g/mol. The van der Waals surface area contributed by atoms with Crippen molar-refractivity contribution >= 4 is 23.9 Å². The van der Waals surface area contributed by atoms with Crippen LogP contribution in [-0.4, -0.2) is 73.6 Å². The normalized spacial score (nSPS) is 24.5. The second kappa shape index (κ2) is 22.9. The van der Waals surface area contributed by atoms with Crippen LogP contribution in [0.4, 0.5) is 4.79 Å². The highest BCUT2D eigenvalue weighted by Crippen LogP contribution is 2.28. The van der Waals surface area contributed by atoms with Crippen molar-refractivity contribution in [3.63, 3.8) is 0 Å². The summed E-state index contributed by atoms with van der Waals surface area (Å²) in [7, 11) is 0. The Morgan fingerprint density at radius 2 is 1.29 bits per heavy atom. The van der Waals surface area contributed by atoms with Crippen molar-refractivity contribution in [2.75, 3.05) is 0 Å². The van der Waals surface area contributed by atoms with Crippen LogP contribution in [0.1, 0.15) is 97.1 Å². The molecular weight excluding hydrogens is 741 g/mol. The molecule has 12 nitrogen and oxygen atoms in total. The fraction of sp³-hybridized carbons (Fsp3) is 0.391. The average Bonchev–Trinajstić information content (AvgIpc) is 3.18. The molecule has 0 bridgehead atoms. The minimum Gasteiger partial charge on any atom is -0.507 e. The number of nitrogens with zero attached hydrogens (tertiary/aromatic N) is 1. The number of amides is 3. The van der Waals surface area contributed by atoms with Gasteiger partial charge in [0.25, 0.3) is 0 Å². The first-order chi connectivity index (χ1) is 27.9. The summed E-state index contributed by atoms with van der Waals surface area (Å²) in [5.41, 5.74) is 1.28. The van der Waals surface area contributed by atoms with Gasteiger partial charge >= 0.3 is 18.0 Å². The van der Waals surface area contributed by atoms with E-state index in [1.165, 1.54) is 30.6 Å². The Morgan fingerprint density at radius 3 is 1.81 bits per heavy atom. The van der Waals surface area contributed by atoms with Gasteiger partial charge in [0.2, 0.25) is 5.91 Å². The molecule has 0 aromatic heterocycles. The van der Waals surface area contributed by atoms with Crippen molar-refractivity contribution in [2.24, 2.45) is 11.8 Å². The quantitative estimate of drug-likeness (QED) is 0.119. The molecule has 3 amide bonds. The van der Waals surface area contributed by atoms with E-state index in [2.05, 4.69) is 11.9 Å².